The molecule has 0 aliphatic carbocycles. The number of hydrogen-bond donors (Lipinski definition) is 1. The SMILES string of the molecule is CCc1ccccc1[C@@H](C)O. The smallest absolute Gasteiger partial charge is 0.0764 e. The van der Waals surface area contributed by atoms with Crippen LogP contribution in [0.25, 0.3) is 0 Å². The van der Waals surface area contributed by atoms with Gasteiger partial charge in [0.1, 0.15) is 0 Å². The highest BCUT2D eigenvalue weighted by Gasteiger charge is 2.03. The zero-order valence-corrected chi connectivity index (χ0v) is 7.04. The number of rotatable bonds is 2. The van der Waals surface area contributed by atoms with E-state index in [-0.39, 0.29) is 6.10 Å². The van der Waals surface area contributed by atoms with Crippen LogP contribution in [0, 0.1) is 0 Å². The molecule has 0 unspecified atom stereocenters. The maximum atomic E-state index is 9.34. The summed E-state index contributed by atoms with van der Waals surface area (Å²) in [6.07, 6.45) is 0.646. The van der Waals surface area contributed by atoms with Crippen molar-refractivity contribution < 1.29 is 5.11 Å². The molecule has 1 N–H and O–H groups in total. The summed E-state index contributed by atoms with van der Waals surface area (Å²) in [5.41, 5.74) is 2.29. The lowest BCUT2D eigenvalue weighted by Crippen LogP contribution is -1.96. The number of benzene rings is 1. The molecule has 0 heterocycles. The Bertz CT molecular complexity index is 228. The number of aryl methyl sites for hydroxylation is 1. The average molecular weight is 150 g/mol. The van der Waals surface area contributed by atoms with E-state index >= 15 is 0 Å². The first-order valence-electron chi connectivity index (χ1n) is 4.01. The first-order valence-corrected chi connectivity index (χ1v) is 4.01. The highest BCUT2D eigenvalue weighted by molar-refractivity contribution is 5.28. The van der Waals surface area contributed by atoms with Crippen LogP contribution in [-0.4, -0.2) is 5.11 Å². The van der Waals surface area contributed by atoms with Gasteiger partial charge in [-0.05, 0) is 24.5 Å². The summed E-state index contributed by atoms with van der Waals surface area (Å²) >= 11 is 0. The number of aliphatic hydroxyl groups is 1. The van der Waals surface area contributed by atoms with Crippen molar-refractivity contribution in [3.05, 3.63) is 35.4 Å². The lowest BCUT2D eigenvalue weighted by atomic mass is 10.0. The Labute approximate surface area is 67.7 Å². The molecule has 0 fully saturated rings. The molecule has 0 saturated heterocycles. The molecule has 0 spiro atoms. The van der Waals surface area contributed by atoms with Crippen molar-refractivity contribution in [3.8, 4) is 0 Å². The molecule has 11 heavy (non-hydrogen) atoms. The number of hydrogen-bond acceptors (Lipinski definition) is 1. The topological polar surface area (TPSA) is 20.2 Å². The van der Waals surface area contributed by atoms with Gasteiger partial charge in [0.15, 0.2) is 0 Å². The van der Waals surface area contributed by atoms with Gasteiger partial charge in [-0.3, -0.25) is 0 Å². The zero-order chi connectivity index (χ0) is 8.27. The third kappa shape index (κ3) is 1.81. The van der Waals surface area contributed by atoms with Crippen molar-refractivity contribution in [2.24, 2.45) is 0 Å². The Morgan fingerprint density at radius 1 is 1.36 bits per heavy atom. The van der Waals surface area contributed by atoms with Gasteiger partial charge in [0.05, 0.1) is 6.10 Å². The molecule has 1 nitrogen and oxygen atoms in total. The van der Waals surface area contributed by atoms with Gasteiger partial charge >= 0.3 is 0 Å². The Morgan fingerprint density at radius 2 is 2.00 bits per heavy atom. The Balaban J connectivity index is 3.02. The van der Waals surface area contributed by atoms with Crippen molar-refractivity contribution in [1.29, 1.82) is 0 Å². The van der Waals surface area contributed by atoms with Crippen molar-refractivity contribution in [2.45, 2.75) is 26.4 Å². The molecular weight excluding hydrogens is 136 g/mol. The highest BCUT2D eigenvalue weighted by atomic mass is 16.3. The molecule has 1 atom stereocenters. The lowest BCUT2D eigenvalue weighted by Gasteiger charge is -2.09. The fourth-order valence-electron chi connectivity index (χ4n) is 1.26. The summed E-state index contributed by atoms with van der Waals surface area (Å²) in [7, 11) is 0. The minimum atomic E-state index is -0.342. The maximum Gasteiger partial charge on any atom is 0.0764 e. The van der Waals surface area contributed by atoms with Crippen LogP contribution in [-0.2, 0) is 6.42 Å². The number of aliphatic hydroxyl groups excluding tert-OH is 1. The van der Waals surface area contributed by atoms with Crippen LogP contribution in [0.15, 0.2) is 24.3 Å². The molecular formula is C10H14O. The minimum Gasteiger partial charge on any atom is -0.389 e. The van der Waals surface area contributed by atoms with Crippen LogP contribution in [0.2, 0.25) is 0 Å². The van der Waals surface area contributed by atoms with Crippen LogP contribution in [0.1, 0.15) is 31.1 Å². The van der Waals surface area contributed by atoms with Gasteiger partial charge < -0.3 is 5.11 Å². The fourth-order valence-corrected chi connectivity index (χ4v) is 1.26. The van der Waals surface area contributed by atoms with Crippen LogP contribution in [0.5, 0.6) is 0 Å². The molecule has 1 heteroatoms. The van der Waals surface area contributed by atoms with Gasteiger partial charge in [-0.15, -0.1) is 0 Å². The van der Waals surface area contributed by atoms with Crippen molar-refractivity contribution in [2.75, 3.05) is 0 Å². The van der Waals surface area contributed by atoms with Crippen LogP contribution in [0.3, 0.4) is 0 Å². The Morgan fingerprint density at radius 3 is 2.45 bits per heavy atom. The molecule has 0 aliphatic heterocycles. The normalized spacial score (nSPS) is 13.0. The largest absolute Gasteiger partial charge is 0.389 e. The van der Waals surface area contributed by atoms with Gasteiger partial charge in [0, 0.05) is 0 Å². The highest BCUT2D eigenvalue weighted by Crippen LogP contribution is 2.17. The maximum absolute atomic E-state index is 9.34. The van der Waals surface area contributed by atoms with Crippen molar-refractivity contribution >= 4 is 0 Å². The van der Waals surface area contributed by atoms with Crippen molar-refractivity contribution in [3.63, 3.8) is 0 Å². The molecule has 0 aliphatic rings. The second kappa shape index (κ2) is 3.54. The molecule has 1 rings (SSSR count). The lowest BCUT2D eigenvalue weighted by molar-refractivity contribution is 0.198. The fraction of sp³-hybridized carbons (Fsp3) is 0.400. The zero-order valence-electron chi connectivity index (χ0n) is 7.04. The third-order valence-corrected chi connectivity index (χ3v) is 1.89. The van der Waals surface area contributed by atoms with Crippen LogP contribution in [0.4, 0.5) is 0 Å². The summed E-state index contributed by atoms with van der Waals surface area (Å²) in [5.74, 6) is 0. The average Bonchev–Trinajstić information content (AvgIpc) is 2.04. The van der Waals surface area contributed by atoms with E-state index in [9.17, 15) is 5.11 Å². The summed E-state index contributed by atoms with van der Waals surface area (Å²) in [5, 5.41) is 9.34. The van der Waals surface area contributed by atoms with Crippen LogP contribution < -0.4 is 0 Å². The minimum absolute atomic E-state index is 0.342. The second-order valence-electron chi connectivity index (χ2n) is 2.73. The first kappa shape index (κ1) is 8.28. The van der Waals surface area contributed by atoms with Gasteiger partial charge in [0.25, 0.3) is 0 Å². The van der Waals surface area contributed by atoms with Gasteiger partial charge in [-0.25, -0.2) is 0 Å². The molecule has 1 aromatic rings. The standard InChI is InChI=1S/C10H14O/c1-3-9-6-4-5-7-10(9)8(2)11/h4-8,11H,3H2,1-2H3/t8-/m1/s1. The summed E-state index contributed by atoms with van der Waals surface area (Å²) in [4.78, 5) is 0. The summed E-state index contributed by atoms with van der Waals surface area (Å²) in [6.45, 7) is 3.90. The monoisotopic (exact) mass is 150 g/mol. The Kier molecular flexibility index (Phi) is 2.66. The van der Waals surface area contributed by atoms with Crippen LogP contribution >= 0.6 is 0 Å². The van der Waals surface area contributed by atoms with E-state index in [1.165, 1.54) is 5.56 Å². The van der Waals surface area contributed by atoms with E-state index in [1.807, 2.05) is 18.2 Å². The van der Waals surface area contributed by atoms with E-state index in [1.54, 1.807) is 6.92 Å². The van der Waals surface area contributed by atoms with E-state index < -0.39 is 0 Å². The molecule has 0 radical (unpaired) electrons. The summed E-state index contributed by atoms with van der Waals surface area (Å²) < 4.78 is 0. The van der Waals surface area contributed by atoms with Gasteiger partial charge in [0.2, 0.25) is 0 Å². The van der Waals surface area contributed by atoms with Gasteiger partial charge in [-0.2, -0.15) is 0 Å². The predicted octanol–water partition coefficient (Wildman–Crippen LogP) is 2.30. The van der Waals surface area contributed by atoms with Gasteiger partial charge in [-0.1, -0.05) is 31.2 Å². The molecule has 0 amide bonds. The second-order valence-corrected chi connectivity index (χ2v) is 2.73. The molecule has 0 bridgehead atoms. The Hall–Kier alpha value is -0.820. The molecule has 1 aromatic carbocycles. The molecule has 0 saturated carbocycles. The van der Waals surface area contributed by atoms with E-state index in [4.69, 9.17) is 0 Å². The molecule has 60 valence electrons. The first-order chi connectivity index (χ1) is 5.25. The van der Waals surface area contributed by atoms with E-state index in [0.29, 0.717) is 0 Å². The van der Waals surface area contributed by atoms with E-state index in [2.05, 4.69) is 13.0 Å². The van der Waals surface area contributed by atoms with E-state index in [0.717, 1.165) is 12.0 Å². The predicted molar refractivity (Wildman–Crippen MR) is 46.5 cm³/mol. The van der Waals surface area contributed by atoms with Crippen molar-refractivity contribution in [1.82, 2.24) is 0 Å². The summed E-state index contributed by atoms with van der Waals surface area (Å²) in [6, 6.07) is 8.00. The molecule has 0 aromatic heterocycles. The third-order valence-electron chi connectivity index (χ3n) is 1.89. The quantitative estimate of drug-likeness (QED) is 0.685.